The number of aromatic nitrogens is 6. The minimum Gasteiger partial charge on any atom is -0.398 e. The predicted molar refractivity (Wildman–Crippen MR) is 193 cm³/mol. The highest BCUT2D eigenvalue weighted by Gasteiger charge is 2.11. The quantitative estimate of drug-likeness (QED) is 0.0504. The first-order valence-electron chi connectivity index (χ1n) is 14.7. The summed E-state index contributed by atoms with van der Waals surface area (Å²) in [4.78, 5) is 43.9. The van der Waals surface area contributed by atoms with Crippen molar-refractivity contribution in [3.8, 4) is 0 Å². The fourth-order valence-electron chi connectivity index (χ4n) is 4.70. The summed E-state index contributed by atoms with van der Waals surface area (Å²) < 4.78 is 3.61. The summed E-state index contributed by atoms with van der Waals surface area (Å²) in [6, 6.07) is 12.6. The van der Waals surface area contributed by atoms with Crippen LogP contribution in [-0.4, -0.2) is 44.6 Å². The van der Waals surface area contributed by atoms with Gasteiger partial charge in [-0.15, -0.1) is 0 Å². The molecular weight excluding hydrogens is 669 g/mol. The second kappa shape index (κ2) is 17.3. The molecule has 0 aliphatic heterocycles. The topological polar surface area (TPSA) is 260 Å². The van der Waals surface area contributed by atoms with Gasteiger partial charge in [-0.05, 0) is 65.9 Å². The van der Waals surface area contributed by atoms with Crippen molar-refractivity contribution in [3.05, 3.63) is 116 Å². The number of H-pyrrole nitrogens is 2. The number of nitrogens with zero attached hydrogens (tertiary/aromatic N) is 7. The van der Waals surface area contributed by atoms with E-state index >= 15 is 0 Å². The van der Waals surface area contributed by atoms with Crippen molar-refractivity contribution < 1.29 is 9.85 Å². The zero-order chi connectivity index (χ0) is 35.3. The Morgan fingerprint density at radius 3 is 1.82 bits per heavy atom. The van der Waals surface area contributed by atoms with Gasteiger partial charge in [0.25, 0.3) is 11.4 Å². The van der Waals surface area contributed by atoms with Gasteiger partial charge in [0.2, 0.25) is 0 Å². The monoisotopic (exact) mass is 700 g/mol. The first kappa shape index (κ1) is 36.0. The van der Waals surface area contributed by atoms with Crippen molar-refractivity contribution >= 4 is 74.3 Å². The van der Waals surface area contributed by atoms with Gasteiger partial charge < -0.3 is 27.2 Å². The number of nitro groups is 2. The molecule has 2 aromatic carbocycles. The second-order valence-corrected chi connectivity index (χ2v) is 11.3. The molecule has 0 fully saturated rings. The molecule has 4 heterocycles. The minimum absolute atomic E-state index is 0.0182. The van der Waals surface area contributed by atoms with E-state index in [1.54, 1.807) is 12.4 Å². The lowest BCUT2D eigenvalue weighted by Crippen LogP contribution is -2.04. The molecule has 6 rings (SSSR count). The molecule has 8 N–H and O–H groups in total. The fourth-order valence-corrected chi connectivity index (χ4v) is 5.03. The number of anilines is 2. The van der Waals surface area contributed by atoms with Crippen LogP contribution in [0.3, 0.4) is 0 Å². The highest BCUT2D eigenvalue weighted by molar-refractivity contribution is 7.80. The van der Waals surface area contributed by atoms with Crippen LogP contribution in [0.1, 0.15) is 35.4 Å². The summed E-state index contributed by atoms with van der Waals surface area (Å²) >= 11 is 9.98. The van der Waals surface area contributed by atoms with Crippen LogP contribution in [0.2, 0.25) is 0 Å². The number of aryl methyl sites for hydroxylation is 2. The van der Waals surface area contributed by atoms with Gasteiger partial charge in [-0.3, -0.25) is 20.2 Å². The van der Waals surface area contributed by atoms with Gasteiger partial charge in [0.15, 0.2) is 0 Å². The van der Waals surface area contributed by atoms with Gasteiger partial charge in [0.05, 0.1) is 27.8 Å². The zero-order valence-electron chi connectivity index (χ0n) is 26.0. The van der Waals surface area contributed by atoms with Crippen LogP contribution >= 0.6 is 12.2 Å². The average molecular weight is 701 g/mol. The van der Waals surface area contributed by atoms with Gasteiger partial charge in [-0.25, -0.2) is 24.3 Å². The first-order chi connectivity index (χ1) is 23.6. The molecule has 4 aromatic heterocycles. The second-order valence-electron chi connectivity index (χ2n) is 10.4. The van der Waals surface area contributed by atoms with E-state index in [1.165, 1.54) is 36.7 Å². The maximum Gasteiger partial charge on any atom is 0.269 e. The fraction of sp³-hybridized carbons (Fsp3) is 0.194. The molecule has 18 heteroatoms. The van der Waals surface area contributed by atoms with Gasteiger partial charge in [0, 0.05) is 77.8 Å². The molecule has 0 unspecified atom stereocenters. The first-order valence-corrected chi connectivity index (χ1v) is 15.5. The number of nitro benzene ring substituents is 2. The molecule has 0 aliphatic carbocycles. The summed E-state index contributed by atoms with van der Waals surface area (Å²) in [7, 11) is 0. The molecular formula is C31H32N12O4S2. The Balaban J connectivity index is 0.000000187. The SMILES string of the molecule is NCc1cc([N+](=O)[O-])ccc1N.Nc1ccc([N+](=O)[O-])cc1CCC(=S)CCc1ncnc2[nH]ccc12.S=NCc1ncnc2[nH]ccc12. The van der Waals surface area contributed by atoms with E-state index in [2.05, 4.69) is 46.7 Å². The van der Waals surface area contributed by atoms with Crippen molar-refractivity contribution in [3.63, 3.8) is 0 Å². The molecule has 0 amide bonds. The number of benzene rings is 2. The maximum absolute atomic E-state index is 10.9. The molecule has 0 radical (unpaired) electrons. The normalized spacial score (nSPS) is 10.5. The number of aromatic amines is 2. The molecule has 252 valence electrons. The third-order valence-electron chi connectivity index (χ3n) is 7.30. The van der Waals surface area contributed by atoms with E-state index < -0.39 is 9.85 Å². The van der Waals surface area contributed by atoms with Crippen molar-refractivity contribution in [2.24, 2.45) is 10.1 Å². The Hall–Kier alpha value is -5.85. The molecule has 0 saturated carbocycles. The van der Waals surface area contributed by atoms with Crippen molar-refractivity contribution in [2.75, 3.05) is 11.5 Å². The molecule has 0 saturated heterocycles. The van der Waals surface area contributed by atoms with Crippen LogP contribution in [0.15, 0.2) is 77.9 Å². The summed E-state index contributed by atoms with van der Waals surface area (Å²) in [5, 5.41) is 23.2. The molecule has 0 aliphatic rings. The third-order valence-corrected chi connectivity index (χ3v) is 7.83. The number of hydrogen-bond donors (Lipinski definition) is 5. The molecule has 49 heavy (non-hydrogen) atoms. The number of thiocarbonyl (C=S) groups is 1. The van der Waals surface area contributed by atoms with Crippen LogP contribution in [0, 0.1) is 20.2 Å². The van der Waals surface area contributed by atoms with Crippen LogP contribution in [0.4, 0.5) is 22.7 Å². The smallest absolute Gasteiger partial charge is 0.269 e. The van der Waals surface area contributed by atoms with Crippen LogP contribution in [-0.2, 0) is 38.4 Å². The number of nitrogen functional groups attached to an aromatic ring is 2. The van der Waals surface area contributed by atoms with E-state index in [1.807, 2.05) is 24.5 Å². The van der Waals surface area contributed by atoms with E-state index in [4.69, 9.17) is 29.4 Å². The molecule has 0 bridgehead atoms. The summed E-state index contributed by atoms with van der Waals surface area (Å²) in [5.74, 6) is 0. The molecule has 0 spiro atoms. The van der Waals surface area contributed by atoms with Gasteiger partial charge >= 0.3 is 0 Å². The summed E-state index contributed by atoms with van der Waals surface area (Å²) in [5.41, 5.74) is 22.7. The Morgan fingerprint density at radius 2 is 1.27 bits per heavy atom. The molecule has 16 nitrogen and oxygen atoms in total. The standard InChI is InChI=1S/C17H17N5O2S.C7H6N4S.C7H9N3O2/c18-15-5-2-12(22(23)24)9-11(15)1-3-13(25)4-6-16-14-7-8-19-17(14)21-10-20-16;12-11-3-6-5-1-2-8-7(5)10-4-9-6;8-4-5-3-6(10(11)12)1-2-7(5)9/h2,5,7-10H,1,3-4,6,18H2,(H,19,20,21);1-2,4H,3H2,(H,8,9,10);1-3H,4,8-9H2. The van der Waals surface area contributed by atoms with E-state index in [-0.39, 0.29) is 17.9 Å². The number of rotatable bonds is 11. The van der Waals surface area contributed by atoms with Crippen LogP contribution in [0.5, 0.6) is 0 Å². The highest BCUT2D eigenvalue weighted by atomic mass is 32.1. The van der Waals surface area contributed by atoms with Crippen molar-refractivity contribution in [1.82, 2.24) is 29.9 Å². The van der Waals surface area contributed by atoms with Crippen LogP contribution < -0.4 is 17.2 Å². The highest BCUT2D eigenvalue weighted by Crippen LogP contribution is 2.22. The summed E-state index contributed by atoms with van der Waals surface area (Å²) in [6.45, 7) is 0.680. The lowest BCUT2D eigenvalue weighted by molar-refractivity contribution is -0.385. The van der Waals surface area contributed by atoms with Gasteiger partial charge in [0.1, 0.15) is 23.9 Å². The van der Waals surface area contributed by atoms with Crippen molar-refractivity contribution in [2.45, 2.75) is 38.8 Å². The van der Waals surface area contributed by atoms with E-state index in [0.29, 0.717) is 36.3 Å². The average Bonchev–Trinajstić information content (AvgIpc) is 3.79. The van der Waals surface area contributed by atoms with E-state index in [9.17, 15) is 20.2 Å². The van der Waals surface area contributed by atoms with Gasteiger partial charge in [-0.1, -0.05) is 12.2 Å². The third kappa shape index (κ3) is 9.83. The molecule has 6 aromatic rings. The maximum atomic E-state index is 10.9. The molecule has 0 atom stereocenters. The predicted octanol–water partition coefficient (Wildman–Crippen LogP) is 5.21. The minimum atomic E-state index is -0.474. The number of non-ortho nitro benzene ring substituents is 2. The largest absolute Gasteiger partial charge is 0.398 e. The number of nitrogens with one attached hydrogen (secondary N) is 2. The Labute approximate surface area is 290 Å². The Kier molecular flexibility index (Phi) is 12.7. The van der Waals surface area contributed by atoms with Crippen LogP contribution in [0.25, 0.3) is 22.1 Å². The summed E-state index contributed by atoms with van der Waals surface area (Å²) in [6.07, 6.45) is 9.42. The zero-order valence-corrected chi connectivity index (χ0v) is 27.6. The Bertz CT molecular complexity index is 2100. The number of nitrogens with two attached hydrogens (primary N) is 3. The lowest BCUT2D eigenvalue weighted by Gasteiger charge is -2.07. The number of hydrogen-bond acceptors (Lipinski definition) is 14. The van der Waals surface area contributed by atoms with E-state index in [0.717, 1.165) is 56.7 Å². The van der Waals surface area contributed by atoms with Gasteiger partial charge in [-0.2, -0.15) is 0 Å². The number of fused-ring (bicyclic) bond motifs is 2. The Morgan fingerprint density at radius 1 is 0.755 bits per heavy atom. The van der Waals surface area contributed by atoms with Crippen molar-refractivity contribution in [1.29, 1.82) is 0 Å². The lowest BCUT2D eigenvalue weighted by atomic mass is 10.0.